The summed E-state index contributed by atoms with van der Waals surface area (Å²) in [5.41, 5.74) is 4.03. The Morgan fingerprint density at radius 3 is 2.60 bits per heavy atom. The van der Waals surface area contributed by atoms with Gasteiger partial charge in [-0.3, -0.25) is 14.8 Å². The smallest absolute Gasteiger partial charge is 0.267 e. The minimum absolute atomic E-state index is 0.0884. The largest absolute Gasteiger partial charge is 0.280 e. The predicted molar refractivity (Wildman–Crippen MR) is 77.5 cm³/mol. The van der Waals surface area contributed by atoms with Crippen LogP contribution >= 0.6 is 0 Å². The molecule has 0 unspecified atom stereocenters. The van der Waals surface area contributed by atoms with E-state index in [4.69, 9.17) is 0 Å². The third-order valence-electron chi connectivity index (χ3n) is 3.51. The van der Waals surface area contributed by atoms with Gasteiger partial charge in [0.05, 0.1) is 22.0 Å². The molecule has 0 aliphatic carbocycles. The summed E-state index contributed by atoms with van der Waals surface area (Å²) in [6, 6.07) is 11.3. The molecular formula is C15H13N3O2. The highest BCUT2D eigenvalue weighted by Crippen LogP contribution is 2.35. The molecule has 3 rings (SSSR count). The highest BCUT2D eigenvalue weighted by molar-refractivity contribution is 5.99. The average Bonchev–Trinajstić information content (AvgIpc) is 2.81. The number of fused-ring (bicyclic) bond motifs is 1. The Kier molecular flexibility index (Phi) is 2.75. The second kappa shape index (κ2) is 4.45. The lowest BCUT2D eigenvalue weighted by Gasteiger charge is -2.08. The Labute approximate surface area is 115 Å². The molecule has 3 aromatic rings. The number of hydrogen-bond acceptors (Lipinski definition) is 3. The molecule has 0 N–H and O–H groups in total. The van der Waals surface area contributed by atoms with Crippen molar-refractivity contribution in [1.29, 1.82) is 0 Å². The molecule has 1 heterocycles. The Bertz CT molecular complexity index is 821. The third kappa shape index (κ3) is 1.75. The molecule has 0 saturated heterocycles. The first kappa shape index (κ1) is 12.3. The second-order valence-corrected chi connectivity index (χ2v) is 4.73. The van der Waals surface area contributed by atoms with Gasteiger partial charge in [0.2, 0.25) is 0 Å². The molecule has 0 aliphatic heterocycles. The maximum atomic E-state index is 11.1. The van der Waals surface area contributed by atoms with E-state index in [-0.39, 0.29) is 10.6 Å². The first-order valence-corrected chi connectivity index (χ1v) is 6.24. The Balaban J connectivity index is 2.39. The molecule has 0 aliphatic rings. The molecule has 1 aromatic heterocycles. The van der Waals surface area contributed by atoms with Gasteiger partial charge in [-0.25, -0.2) is 0 Å². The topological polar surface area (TPSA) is 61.0 Å². The SMILES string of the molecule is Cc1ccccc1-c1ccc([N+](=O)[O-])c2cnn(C)c12. The van der Waals surface area contributed by atoms with Crippen molar-refractivity contribution >= 4 is 16.6 Å². The fraction of sp³-hybridized carbons (Fsp3) is 0.133. The van der Waals surface area contributed by atoms with E-state index < -0.39 is 0 Å². The minimum Gasteiger partial charge on any atom is -0.267 e. The first-order valence-electron chi connectivity index (χ1n) is 6.24. The van der Waals surface area contributed by atoms with Crippen molar-refractivity contribution in [2.45, 2.75) is 6.92 Å². The van der Waals surface area contributed by atoms with Crippen LogP contribution in [0, 0.1) is 17.0 Å². The molecule has 0 fully saturated rings. The number of hydrogen-bond donors (Lipinski definition) is 0. The van der Waals surface area contributed by atoms with Crippen molar-refractivity contribution in [3.63, 3.8) is 0 Å². The number of nitro benzene ring substituents is 1. The zero-order valence-electron chi connectivity index (χ0n) is 11.2. The van der Waals surface area contributed by atoms with E-state index in [1.807, 2.05) is 31.2 Å². The number of non-ortho nitro benzene ring substituents is 1. The summed E-state index contributed by atoms with van der Waals surface area (Å²) in [4.78, 5) is 10.7. The molecule has 0 radical (unpaired) electrons. The predicted octanol–water partition coefficient (Wildman–Crippen LogP) is 3.46. The summed E-state index contributed by atoms with van der Waals surface area (Å²) in [7, 11) is 1.80. The molecule has 0 amide bonds. The van der Waals surface area contributed by atoms with Gasteiger partial charge in [-0.15, -0.1) is 0 Å². The van der Waals surface area contributed by atoms with Gasteiger partial charge in [-0.1, -0.05) is 24.3 Å². The van der Waals surface area contributed by atoms with Crippen LogP contribution < -0.4 is 0 Å². The molecule has 20 heavy (non-hydrogen) atoms. The van der Waals surface area contributed by atoms with Gasteiger partial charge in [0, 0.05) is 18.7 Å². The zero-order chi connectivity index (χ0) is 14.3. The summed E-state index contributed by atoms with van der Waals surface area (Å²) in [6.07, 6.45) is 1.55. The summed E-state index contributed by atoms with van der Waals surface area (Å²) in [6.45, 7) is 2.03. The van der Waals surface area contributed by atoms with E-state index in [2.05, 4.69) is 5.10 Å². The Hall–Kier alpha value is -2.69. The summed E-state index contributed by atoms with van der Waals surface area (Å²) in [5, 5.41) is 15.8. The lowest BCUT2D eigenvalue weighted by atomic mass is 9.98. The zero-order valence-corrected chi connectivity index (χ0v) is 11.2. The summed E-state index contributed by atoms with van der Waals surface area (Å²) < 4.78 is 1.68. The highest BCUT2D eigenvalue weighted by Gasteiger charge is 2.18. The lowest BCUT2D eigenvalue weighted by molar-refractivity contribution is -0.383. The number of benzene rings is 2. The Morgan fingerprint density at radius 1 is 1.15 bits per heavy atom. The molecule has 0 bridgehead atoms. The van der Waals surface area contributed by atoms with Crippen molar-refractivity contribution < 1.29 is 4.92 Å². The van der Waals surface area contributed by atoms with Gasteiger partial charge in [0.25, 0.3) is 5.69 Å². The fourth-order valence-corrected chi connectivity index (χ4v) is 2.53. The quantitative estimate of drug-likeness (QED) is 0.527. The van der Waals surface area contributed by atoms with Crippen LogP contribution in [-0.2, 0) is 7.05 Å². The number of aromatic nitrogens is 2. The maximum absolute atomic E-state index is 11.1. The van der Waals surface area contributed by atoms with Crippen LogP contribution in [0.4, 0.5) is 5.69 Å². The van der Waals surface area contributed by atoms with Gasteiger partial charge in [0.1, 0.15) is 0 Å². The van der Waals surface area contributed by atoms with Crippen molar-refractivity contribution in [1.82, 2.24) is 9.78 Å². The molecule has 5 heteroatoms. The highest BCUT2D eigenvalue weighted by atomic mass is 16.6. The van der Waals surface area contributed by atoms with E-state index in [1.54, 1.807) is 30.1 Å². The van der Waals surface area contributed by atoms with Crippen LogP contribution in [-0.4, -0.2) is 14.7 Å². The number of nitro groups is 1. The van der Waals surface area contributed by atoms with Crippen LogP contribution in [0.25, 0.3) is 22.0 Å². The molecule has 5 nitrogen and oxygen atoms in total. The van der Waals surface area contributed by atoms with Crippen LogP contribution in [0.3, 0.4) is 0 Å². The number of nitrogens with zero attached hydrogens (tertiary/aromatic N) is 3. The van der Waals surface area contributed by atoms with Gasteiger partial charge in [-0.05, 0) is 24.1 Å². The van der Waals surface area contributed by atoms with Crippen molar-refractivity contribution in [2.75, 3.05) is 0 Å². The molecular weight excluding hydrogens is 254 g/mol. The first-order chi connectivity index (χ1) is 9.59. The van der Waals surface area contributed by atoms with Gasteiger partial charge in [-0.2, -0.15) is 5.10 Å². The minimum atomic E-state index is -0.369. The van der Waals surface area contributed by atoms with Crippen molar-refractivity contribution in [2.24, 2.45) is 7.05 Å². The Morgan fingerprint density at radius 2 is 1.90 bits per heavy atom. The fourth-order valence-electron chi connectivity index (χ4n) is 2.53. The van der Waals surface area contributed by atoms with E-state index in [1.165, 1.54) is 0 Å². The normalized spacial score (nSPS) is 10.9. The van der Waals surface area contributed by atoms with Gasteiger partial charge >= 0.3 is 0 Å². The molecule has 0 spiro atoms. The van der Waals surface area contributed by atoms with Crippen LogP contribution in [0.5, 0.6) is 0 Å². The second-order valence-electron chi connectivity index (χ2n) is 4.73. The van der Waals surface area contributed by atoms with Crippen molar-refractivity contribution in [3.8, 4) is 11.1 Å². The van der Waals surface area contributed by atoms with E-state index in [0.717, 1.165) is 22.2 Å². The van der Waals surface area contributed by atoms with Crippen LogP contribution in [0.2, 0.25) is 0 Å². The lowest BCUT2D eigenvalue weighted by Crippen LogP contribution is -1.95. The molecule has 0 saturated carbocycles. The number of rotatable bonds is 2. The van der Waals surface area contributed by atoms with Gasteiger partial charge in [0.15, 0.2) is 0 Å². The van der Waals surface area contributed by atoms with Crippen molar-refractivity contribution in [3.05, 3.63) is 58.3 Å². The van der Waals surface area contributed by atoms with Crippen LogP contribution in [0.1, 0.15) is 5.56 Å². The average molecular weight is 267 g/mol. The third-order valence-corrected chi connectivity index (χ3v) is 3.51. The van der Waals surface area contributed by atoms with E-state index in [9.17, 15) is 10.1 Å². The summed E-state index contributed by atoms with van der Waals surface area (Å²) >= 11 is 0. The number of aryl methyl sites for hydroxylation is 2. The molecule has 2 aromatic carbocycles. The molecule has 100 valence electrons. The standard InChI is InChI=1S/C15H13N3O2/c1-10-5-3-4-6-11(10)12-7-8-14(18(19)20)13-9-16-17(2)15(12)13/h3-9H,1-2H3. The van der Waals surface area contributed by atoms with Gasteiger partial charge < -0.3 is 0 Å². The van der Waals surface area contributed by atoms with E-state index in [0.29, 0.717) is 5.39 Å². The summed E-state index contributed by atoms with van der Waals surface area (Å²) in [5.74, 6) is 0. The maximum Gasteiger partial charge on any atom is 0.280 e. The monoisotopic (exact) mass is 267 g/mol. The van der Waals surface area contributed by atoms with Crippen LogP contribution in [0.15, 0.2) is 42.6 Å². The van der Waals surface area contributed by atoms with E-state index >= 15 is 0 Å². The molecule has 0 atom stereocenters.